The fraction of sp³-hybridized carbons (Fsp3) is 0.0769. The Labute approximate surface area is 197 Å². The molecule has 33 heavy (non-hydrogen) atoms. The zero-order valence-electron chi connectivity index (χ0n) is 17.7. The Kier molecular flexibility index (Phi) is 5.98. The summed E-state index contributed by atoms with van der Waals surface area (Å²) in [6.45, 7) is 0. The molecule has 0 atom stereocenters. The molecule has 164 valence electrons. The summed E-state index contributed by atoms with van der Waals surface area (Å²) in [5.41, 5.74) is 2.03. The number of rotatable bonds is 7. The maximum Gasteiger partial charge on any atom is 0.196 e. The topological polar surface area (TPSA) is 64.8 Å². The molecule has 1 aromatic heterocycles. The number of para-hydroxylation sites is 1. The summed E-state index contributed by atoms with van der Waals surface area (Å²) in [6, 6.07) is 32.6. The minimum absolute atomic E-state index is 0.228. The Bertz CT molecular complexity index is 1490. The van der Waals surface area contributed by atoms with Gasteiger partial charge in [-0.1, -0.05) is 90.6 Å². The zero-order valence-corrected chi connectivity index (χ0v) is 19.3. The first-order valence-electron chi connectivity index (χ1n) is 10.5. The van der Waals surface area contributed by atoms with E-state index in [0.29, 0.717) is 16.7 Å². The first-order chi connectivity index (χ1) is 16.1. The highest BCUT2D eigenvalue weighted by Gasteiger charge is 2.22. The van der Waals surface area contributed by atoms with Gasteiger partial charge >= 0.3 is 0 Å². The van der Waals surface area contributed by atoms with Crippen LogP contribution in [0, 0.1) is 0 Å². The van der Waals surface area contributed by atoms with Crippen molar-refractivity contribution in [3.8, 4) is 5.69 Å². The van der Waals surface area contributed by atoms with E-state index < -0.39 is 9.84 Å². The van der Waals surface area contributed by atoms with E-state index in [9.17, 15) is 8.42 Å². The molecule has 5 rings (SSSR count). The standard InChI is InChI=1S/C26H21N3O2S2/c30-33(31,23-15-5-2-6-16-23)19-25-27-28-26(29(25)22-13-3-1-4-14-22)32-18-21-12-9-11-20-10-7-8-17-24(20)21/h1-17H,18-19H2. The molecule has 5 nitrogen and oxygen atoms in total. The van der Waals surface area contributed by atoms with Gasteiger partial charge in [-0.25, -0.2) is 8.42 Å². The van der Waals surface area contributed by atoms with E-state index in [1.807, 2.05) is 47.0 Å². The molecule has 1 heterocycles. The summed E-state index contributed by atoms with van der Waals surface area (Å²) in [5, 5.41) is 11.7. The Hall–Kier alpha value is -3.42. The van der Waals surface area contributed by atoms with Gasteiger partial charge in [0, 0.05) is 11.4 Å². The lowest BCUT2D eigenvalue weighted by Gasteiger charge is -2.11. The lowest BCUT2D eigenvalue weighted by Crippen LogP contribution is -2.11. The Morgan fingerprint density at radius 3 is 2.18 bits per heavy atom. The van der Waals surface area contributed by atoms with Crippen molar-refractivity contribution >= 4 is 32.4 Å². The first kappa shape index (κ1) is 21.4. The first-order valence-corrected chi connectivity index (χ1v) is 13.1. The van der Waals surface area contributed by atoms with Gasteiger partial charge in [-0.05, 0) is 40.6 Å². The van der Waals surface area contributed by atoms with Gasteiger partial charge < -0.3 is 0 Å². The van der Waals surface area contributed by atoms with E-state index >= 15 is 0 Å². The average Bonchev–Trinajstić information content (AvgIpc) is 3.25. The summed E-state index contributed by atoms with van der Waals surface area (Å²) in [6.07, 6.45) is 0. The third-order valence-electron chi connectivity index (χ3n) is 5.37. The van der Waals surface area contributed by atoms with Crippen LogP contribution < -0.4 is 0 Å². The average molecular weight is 472 g/mol. The molecule has 4 aromatic carbocycles. The zero-order chi connectivity index (χ0) is 22.7. The molecular weight excluding hydrogens is 450 g/mol. The quantitative estimate of drug-likeness (QED) is 0.286. The van der Waals surface area contributed by atoms with Crippen molar-refractivity contribution in [2.24, 2.45) is 0 Å². The van der Waals surface area contributed by atoms with Crippen molar-refractivity contribution < 1.29 is 8.42 Å². The molecular formula is C26H21N3O2S2. The fourth-order valence-corrected chi connectivity index (χ4v) is 6.01. The molecule has 0 saturated carbocycles. The van der Waals surface area contributed by atoms with E-state index in [1.165, 1.54) is 16.3 Å². The lowest BCUT2D eigenvalue weighted by atomic mass is 10.1. The van der Waals surface area contributed by atoms with Crippen LogP contribution in [0.15, 0.2) is 113 Å². The summed E-state index contributed by atoms with van der Waals surface area (Å²) in [5.74, 6) is 0.858. The number of hydrogen-bond donors (Lipinski definition) is 0. The van der Waals surface area contributed by atoms with E-state index in [4.69, 9.17) is 0 Å². The summed E-state index contributed by atoms with van der Waals surface area (Å²) in [7, 11) is -3.56. The van der Waals surface area contributed by atoms with Crippen LogP contribution in [0.2, 0.25) is 0 Å². The second-order valence-electron chi connectivity index (χ2n) is 7.57. The third kappa shape index (κ3) is 4.55. The maximum absolute atomic E-state index is 13.0. The fourth-order valence-electron chi connectivity index (χ4n) is 3.77. The summed E-state index contributed by atoms with van der Waals surface area (Å²) < 4.78 is 27.9. The van der Waals surface area contributed by atoms with E-state index in [1.54, 1.807) is 42.1 Å². The number of fused-ring (bicyclic) bond motifs is 1. The molecule has 0 amide bonds. The van der Waals surface area contributed by atoms with Crippen molar-refractivity contribution in [2.75, 3.05) is 0 Å². The number of thioether (sulfide) groups is 1. The normalized spacial score (nSPS) is 11.6. The molecule has 0 fully saturated rings. The summed E-state index contributed by atoms with van der Waals surface area (Å²) >= 11 is 1.55. The number of sulfone groups is 1. The number of hydrogen-bond acceptors (Lipinski definition) is 5. The van der Waals surface area contributed by atoms with Gasteiger partial charge in [-0.15, -0.1) is 10.2 Å². The summed E-state index contributed by atoms with van der Waals surface area (Å²) in [4.78, 5) is 0.276. The lowest BCUT2D eigenvalue weighted by molar-refractivity contribution is 0.593. The molecule has 5 aromatic rings. The van der Waals surface area contributed by atoms with Gasteiger partial charge in [0.15, 0.2) is 20.8 Å². The van der Waals surface area contributed by atoms with E-state index in [-0.39, 0.29) is 10.6 Å². The highest BCUT2D eigenvalue weighted by molar-refractivity contribution is 7.98. The van der Waals surface area contributed by atoms with Gasteiger partial charge in [-0.3, -0.25) is 4.57 Å². The SMILES string of the molecule is O=S(=O)(Cc1nnc(SCc2cccc3ccccc23)n1-c1ccccc1)c1ccccc1. The third-order valence-corrected chi connectivity index (χ3v) is 7.98. The minimum Gasteiger partial charge on any atom is -0.273 e. The van der Waals surface area contributed by atoms with Crippen LogP contribution in [0.1, 0.15) is 11.4 Å². The van der Waals surface area contributed by atoms with Crippen LogP contribution in [0.5, 0.6) is 0 Å². The molecule has 0 radical (unpaired) electrons. The highest BCUT2D eigenvalue weighted by Crippen LogP contribution is 2.29. The molecule has 0 aliphatic heterocycles. The number of benzene rings is 4. The predicted octanol–water partition coefficient (Wildman–Crippen LogP) is 5.69. The van der Waals surface area contributed by atoms with Crippen molar-refractivity contribution in [3.63, 3.8) is 0 Å². The van der Waals surface area contributed by atoms with Gasteiger partial charge in [0.2, 0.25) is 0 Å². The van der Waals surface area contributed by atoms with Gasteiger partial charge in [0.25, 0.3) is 0 Å². The molecule has 0 spiro atoms. The van der Waals surface area contributed by atoms with Crippen molar-refractivity contribution in [1.82, 2.24) is 14.8 Å². The molecule has 0 N–H and O–H groups in total. The van der Waals surface area contributed by atoms with E-state index in [2.05, 4.69) is 40.5 Å². The monoisotopic (exact) mass is 471 g/mol. The number of aromatic nitrogens is 3. The van der Waals surface area contributed by atoms with Crippen LogP contribution in [-0.2, 0) is 21.3 Å². The molecule has 0 aliphatic rings. The smallest absolute Gasteiger partial charge is 0.196 e. The maximum atomic E-state index is 13.0. The van der Waals surface area contributed by atoms with Crippen molar-refractivity contribution in [3.05, 3.63) is 115 Å². The largest absolute Gasteiger partial charge is 0.273 e. The molecule has 0 unspecified atom stereocenters. The van der Waals surface area contributed by atoms with Gasteiger partial charge in [0.1, 0.15) is 5.75 Å². The van der Waals surface area contributed by atoms with Gasteiger partial charge in [0.05, 0.1) is 4.90 Å². The molecule has 0 aliphatic carbocycles. The van der Waals surface area contributed by atoms with Crippen molar-refractivity contribution in [1.29, 1.82) is 0 Å². The predicted molar refractivity (Wildman–Crippen MR) is 132 cm³/mol. The van der Waals surface area contributed by atoms with E-state index in [0.717, 1.165) is 5.69 Å². The molecule has 0 saturated heterocycles. The Morgan fingerprint density at radius 1 is 0.727 bits per heavy atom. The second-order valence-corrected chi connectivity index (χ2v) is 10.5. The number of nitrogens with zero attached hydrogens (tertiary/aromatic N) is 3. The Balaban J connectivity index is 1.50. The van der Waals surface area contributed by atoms with Crippen molar-refractivity contribution in [2.45, 2.75) is 21.6 Å². The molecule has 7 heteroatoms. The molecule has 0 bridgehead atoms. The van der Waals surface area contributed by atoms with Crippen LogP contribution in [-0.4, -0.2) is 23.2 Å². The second kappa shape index (κ2) is 9.21. The minimum atomic E-state index is -3.56. The van der Waals surface area contributed by atoms with Crippen LogP contribution in [0.4, 0.5) is 0 Å². The van der Waals surface area contributed by atoms with Gasteiger partial charge in [-0.2, -0.15) is 0 Å². The Morgan fingerprint density at radius 2 is 1.39 bits per heavy atom. The highest BCUT2D eigenvalue weighted by atomic mass is 32.2. The van der Waals surface area contributed by atoms with Crippen LogP contribution >= 0.6 is 11.8 Å². The van der Waals surface area contributed by atoms with Crippen LogP contribution in [0.25, 0.3) is 16.5 Å². The van der Waals surface area contributed by atoms with Crippen LogP contribution in [0.3, 0.4) is 0 Å².